The first kappa shape index (κ1) is 47.2. The van der Waals surface area contributed by atoms with Gasteiger partial charge in [0.25, 0.3) is 0 Å². The van der Waals surface area contributed by atoms with Gasteiger partial charge in [0.2, 0.25) is 0 Å². The second-order valence-corrected chi connectivity index (χ2v) is 21.6. The lowest BCUT2D eigenvalue weighted by Crippen LogP contribution is -1.95. The van der Waals surface area contributed by atoms with Gasteiger partial charge in [-0.15, -0.1) is 0 Å². The molecule has 14 aromatic carbocycles. The molecule has 0 unspecified atom stereocenters. The summed E-state index contributed by atoms with van der Waals surface area (Å²) in [5, 5.41) is 9.95. The Bertz CT molecular complexity index is 4870. The van der Waals surface area contributed by atoms with E-state index in [1.807, 2.05) is 0 Å². The van der Waals surface area contributed by atoms with Crippen LogP contribution in [0.2, 0.25) is 0 Å². The molecular formula is C80H52N2. The zero-order valence-electron chi connectivity index (χ0n) is 44.9. The maximum absolute atomic E-state index is 2.44. The molecule has 2 heterocycles. The van der Waals surface area contributed by atoms with Crippen LogP contribution in [0.3, 0.4) is 0 Å². The SMILES string of the molecule is c1ccc(-c2ccc(-c3ccc4c(c3)c3cc(-c5ccc(-c6ccccc6)cc5)ccc3n4-c3ccc(-c4ccc5c(c4)c4ccccc4n5-c4ccc(-c5c6ccccc6c(-c6ccccc6)c6ccccc56)cc4)cc3)cc2)cc1. The van der Waals surface area contributed by atoms with Gasteiger partial charge in [0.05, 0.1) is 22.1 Å². The first-order chi connectivity index (χ1) is 40.7. The van der Waals surface area contributed by atoms with Crippen molar-refractivity contribution in [1.82, 2.24) is 9.13 Å². The molecule has 0 fully saturated rings. The molecule has 82 heavy (non-hydrogen) atoms. The van der Waals surface area contributed by atoms with Crippen LogP contribution in [0.25, 0.3) is 154 Å². The van der Waals surface area contributed by atoms with Gasteiger partial charge < -0.3 is 9.13 Å². The minimum absolute atomic E-state index is 1.12. The fraction of sp³-hybridized carbons (Fsp3) is 0. The van der Waals surface area contributed by atoms with Crippen LogP contribution in [0.4, 0.5) is 0 Å². The summed E-state index contributed by atoms with van der Waals surface area (Å²) < 4.78 is 4.86. The number of rotatable bonds is 9. The fourth-order valence-electron chi connectivity index (χ4n) is 13.0. The van der Waals surface area contributed by atoms with Crippen molar-refractivity contribution in [2.75, 3.05) is 0 Å². The van der Waals surface area contributed by atoms with Gasteiger partial charge in [-0.3, -0.25) is 0 Å². The molecule has 2 nitrogen and oxygen atoms in total. The van der Waals surface area contributed by atoms with Gasteiger partial charge in [0.15, 0.2) is 0 Å². The summed E-state index contributed by atoms with van der Waals surface area (Å²) in [7, 11) is 0. The van der Waals surface area contributed by atoms with E-state index >= 15 is 0 Å². The molecular weight excluding hydrogens is 989 g/mol. The standard InChI is InChI=1S/C80H52N2/c1-4-16-53(17-5-1)55-28-32-57(33-29-55)63-41-48-77-73(51-63)74-52-64(58-34-30-56(31-35-58)54-18-6-2-7-19-54)42-49-78(74)82(77)65-43-36-59(37-44-65)62-40-47-76-72(50-62)67-22-14-15-27-75(67)81(76)66-45-38-61(39-46-66)80-70-25-12-10-23-68(70)79(60-20-8-3-9-21-60)69-24-11-13-26-71(69)80/h1-52H. The molecule has 0 saturated carbocycles. The lowest BCUT2D eigenvalue weighted by Gasteiger charge is -2.18. The Labute approximate surface area is 476 Å². The number of para-hydroxylation sites is 1. The number of fused-ring (bicyclic) bond motifs is 8. The highest BCUT2D eigenvalue weighted by atomic mass is 15.0. The molecule has 0 aliphatic carbocycles. The molecule has 2 heteroatoms. The monoisotopic (exact) mass is 1040 g/mol. The summed E-state index contributed by atoms with van der Waals surface area (Å²) in [5.74, 6) is 0. The molecule has 0 saturated heterocycles. The minimum atomic E-state index is 1.12. The van der Waals surface area contributed by atoms with Crippen LogP contribution >= 0.6 is 0 Å². The average Bonchev–Trinajstić information content (AvgIpc) is 3.53. The molecule has 0 bridgehead atoms. The minimum Gasteiger partial charge on any atom is -0.309 e. The van der Waals surface area contributed by atoms with E-state index in [0.717, 1.165) is 11.4 Å². The van der Waals surface area contributed by atoms with Gasteiger partial charge in [0, 0.05) is 32.9 Å². The van der Waals surface area contributed by atoms with E-state index in [1.165, 1.54) is 143 Å². The number of aromatic nitrogens is 2. The van der Waals surface area contributed by atoms with Crippen LogP contribution < -0.4 is 0 Å². The van der Waals surface area contributed by atoms with Crippen LogP contribution in [0.1, 0.15) is 0 Å². The molecule has 0 radical (unpaired) electrons. The number of nitrogens with zero attached hydrogens (tertiary/aromatic N) is 2. The van der Waals surface area contributed by atoms with Crippen LogP contribution in [-0.4, -0.2) is 9.13 Å². The molecule has 2 aromatic heterocycles. The zero-order chi connectivity index (χ0) is 54.1. The first-order valence-corrected chi connectivity index (χ1v) is 28.3. The van der Waals surface area contributed by atoms with Crippen molar-refractivity contribution in [1.29, 1.82) is 0 Å². The second kappa shape index (κ2) is 19.5. The van der Waals surface area contributed by atoms with Crippen LogP contribution in [-0.2, 0) is 0 Å². The van der Waals surface area contributed by atoms with Crippen LogP contribution in [0.15, 0.2) is 315 Å². The zero-order valence-corrected chi connectivity index (χ0v) is 44.9. The van der Waals surface area contributed by atoms with E-state index in [0.29, 0.717) is 0 Å². The highest BCUT2D eigenvalue weighted by Crippen LogP contribution is 2.45. The summed E-state index contributed by atoms with van der Waals surface area (Å²) in [6.45, 7) is 0. The lowest BCUT2D eigenvalue weighted by atomic mass is 9.86. The van der Waals surface area contributed by atoms with Crippen molar-refractivity contribution in [2.45, 2.75) is 0 Å². The predicted molar refractivity (Wildman–Crippen MR) is 348 cm³/mol. The molecule has 382 valence electrons. The van der Waals surface area contributed by atoms with Gasteiger partial charge >= 0.3 is 0 Å². The third kappa shape index (κ3) is 7.95. The molecule has 16 rings (SSSR count). The van der Waals surface area contributed by atoms with Gasteiger partial charge in [-0.05, 0) is 166 Å². The first-order valence-electron chi connectivity index (χ1n) is 28.3. The Kier molecular flexibility index (Phi) is 11.2. The maximum atomic E-state index is 2.44. The van der Waals surface area contributed by atoms with E-state index in [4.69, 9.17) is 0 Å². The molecule has 0 spiro atoms. The van der Waals surface area contributed by atoms with Crippen LogP contribution in [0.5, 0.6) is 0 Å². The van der Waals surface area contributed by atoms with Crippen LogP contribution in [0, 0.1) is 0 Å². The summed E-state index contributed by atoms with van der Waals surface area (Å²) in [5.41, 5.74) is 24.0. The summed E-state index contributed by atoms with van der Waals surface area (Å²) >= 11 is 0. The smallest absolute Gasteiger partial charge is 0.0541 e. The third-order valence-electron chi connectivity index (χ3n) is 17.0. The van der Waals surface area contributed by atoms with Gasteiger partial charge in [-0.25, -0.2) is 0 Å². The molecule has 16 aromatic rings. The van der Waals surface area contributed by atoms with Crippen molar-refractivity contribution in [3.63, 3.8) is 0 Å². The van der Waals surface area contributed by atoms with Crippen molar-refractivity contribution in [3.05, 3.63) is 315 Å². The second-order valence-electron chi connectivity index (χ2n) is 21.6. The summed E-state index contributed by atoms with van der Waals surface area (Å²) in [6.07, 6.45) is 0. The Hall–Kier alpha value is -10.8. The summed E-state index contributed by atoms with van der Waals surface area (Å²) in [6, 6.07) is 116. The van der Waals surface area contributed by atoms with E-state index in [1.54, 1.807) is 0 Å². The van der Waals surface area contributed by atoms with E-state index < -0.39 is 0 Å². The number of hydrogen-bond donors (Lipinski definition) is 0. The highest BCUT2D eigenvalue weighted by Gasteiger charge is 2.20. The quantitative estimate of drug-likeness (QED) is 0.128. The normalized spacial score (nSPS) is 11.7. The fourth-order valence-corrected chi connectivity index (χ4v) is 13.0. The van der Waals surface area contributed by atoms with E-state index in [9.17, 15) is 0 Å². The molecule has 0 aliphatic rings. The number of benzene rings is 14. The Morgan fingerprint density at radius 2 is 0.378 bits per heavy atom. The van der Waals surface area contributed by atoms with Crippen molar-refractivity contribution in [3.8, 4) is 89.3 Å². The van der Waals surface area contributed by atoms with Gasteiger partial charge in [0.1, 0.15) is 0 Å². The maximum Gasteiger partial charge on any atom is 0.0541 e. The lowest BCUT2D eigenvalue weighted by molar-refractivity contribution is 1.18. The Morgan fingerprint density at radius 3 is 0.756 bits per heavy atom. The highest BCUT2D eigenvalue weighted by molar-refractivity contribution is 6.21. The largest absolute Gasteiger partial charge is 0.309 e. The summed E-state index contributed by atoms with van der Waals surface area (Å²) in [4.78, 5) is 0. The van der Waals surface area contributed by atoms with E-state index in [-0.39, 0.29) is 0 Å². The predicted octanol–water partition coefficient (Wildman–Crippen LogP) is 21.9. The van der Waals surface area contributed by atoms with Crippen molar-refractivity contribution in [2.24, 2.45) is 0 Å². The molecule has 0 N–H and O–H groups in total. The molecule has 0 amide bonds. The molecule has 0 aliphatic heterocycles. The average molecular weight is 1040 g/mol. The third-order valence-corrected chi connectivity index (χ3v) is 17.0. The number of hydrogen-bond acceptors (Lipinski definition) is 0. The van der Waals surface area contributed by atoms with Crippen molar-refractivity contribution >= 4 is 65.2 Å². The van der Waals surface area contributed by atoms with Gasteiger partial charge in [-0.1, -0.05) is 249 Å². The molecule has 0 atom stereocenters. The van der Waals surface area contributed by atoms with Crippen molar-refractivity contribution < 1.29 is 0 Å². The van der Waals surface area contributed by atoms with E-state index in [2.05, 4.69) is 325 Å². The topological polar surface area (TPSA) is 9.86 Å². The van der Waals surface area contributed by atoms with Gasteiger partial charge in [-0.2, -0.15) is 0 Å². The Morgan fingerprint density at radius 1 is 0.146 bits per heavy atom. The Balaban J connectivity index is 0.761.